The maximum Gasteiger partial charge on any atom is 0.246 e. The van der Waals surface area contributed by atoms with Crippen molar-refractivity contribution in [3.05, 3.63) is 0 Å². The Labute approximate surface area is 133 Å². The molecule has 1 aliphatic heterocycles. The van der Waals surface area contributed by atoms with E-state index in [0.717, 1.165) is 24.3 Å². The number of carbonyl (C=O) groups is 2. The predicted octanol–water partition coefficient (Wildman–Crippen LogP) is 2.53. The number of piperazine rings is 1. The van der Waals surface area contributed by atoms with Crippen LogP contribution in [0.1, 0.15) is 47.5 Å². The lowest BCUT2D eigenvalue weighted by molar-refractivity contribution is -0.152. The van der Waals surface area contributed by atoms with E-state index >= 15 is 0 Å². The molecule has 1 aliphatic rings. The minimum Gasteiger partial charge on any atom is -0.342 e. The van der Waals surface area contributed by atoms with Gasteiger partial charge in [-0.15, -0.1) is 0 Å². The van der Waals surface area contributed by atoms with Gasteiger partial charge in [0.25, 0.3) is 0 Å². The summed E-state index contributed by atoms with van der Waals surface area (Å²) >= 11 is 1.82. The molecule has 1 N–H and O–H groups in total. The molecule has 122 valence electrons. The molecule has 0 saturated carbocycles. The van der Waals surface area contributed by atoms with Crippen molar-refractivity contribution < 1.29 is 9.59 Å². The molecule has 5 heteroatoms. The predicted molar refractivity (Wildman–Crippen MR) is 89.3 cm³/mol. The Morgan fingerprint density at radius 1 is 1.14 bits per heavy atom. The lowest BCUT2D eigenvalue weighted by Crippen LogP contribution is -2.66. The summed E-state index contributed by atoms with van der Waals surface area (Å²) in [7, 11) is 0. The molecular formula is C16H30N2O2S. The molecule has 2 amide bonds. The zero-order valence-corrected chi connectivity index (χ0v) is 14.8. The first-order valence-corrected chi connectivity index (χ1v) is 9.31. The highest BCUT2D eigenvalue weighted by Gasteiger charge is 2.43. The molecule has 0 bridgehead atoms. The minimum atomic E-state index is -0.352. The topological polar surface area (TPSA) is 49.4 Å². The second-order valence-electron chi connectivity index (χ2n) is 5.93. The van der Waals surface area contributed by atoms with Crippen molar-refractivity contribution in [2.45, 2.75) is 59.5 Å². The number of nitrogens with zero attached hydrogens (tertiary/aromatic N) is 1. The molecule has 1 rings (SSSR count). The van der Waals surface area contributed by atoms with Gasteiger partial charge >= 0.3 is 0 Å². The van der Waals surface area contributed by atoms with E-state index in [4.69, 9.17) is 0 Å². The van der Waals surface area contributed by atoms with Crippen LogP contribution in [-0.2, 0) is 9.59 Å². The molecule has 1 saturated heterocycles. The molecule has 0 aromatic heterocycles. The van der Waals surface area contributed by atoms with Crippen LogP contribution in [0.2, 0.25) is 0 Å². The third kappa shape index (κ3) is 4.38. The number of carbonyl (C=O) groups excluding carboxylic acids is 2. The molecule has 1 heterocycles. The third-order valence-corrected chi connectivity index (χ3v) is 5.41. The molecule has 0 aromatic carbocycles. The summed E-state index contributed by atoms with van der Waals surface area (Å²) in [6, 6.07) is -0.658. The van der Waals surface area contributed by atoms with Crippen LogP contribution < -0.4 is 5.32 Å². The summed E-state index contributed by atoms with van der Waals surface area (Å²) in [5, 5.41) is 2.97. The van der Waals surface area contributed by atoms with E-state index in [-0.39, 0.29) is 35.7 Å². The lowest BCUT2D eigenvalue weighted by Gasteiger charge is -2.43. The van der Waals surface area contributed by atoms with Crippen LogP contribution in [-0.4, -0.2) is 46.8 Å². The van der Waals surface area contributed by atoms with E-state index in [9.17, 15) is 9.59 Å². The molecular weight excluding hydrogens is 284 g/mol. The Kier molecular flexibility index (Phi) is 7.57. The number of rotatable bonds is 8. The van der Waals surface area contributed by atoms with Gasteiger partial charge in [0.05, 0.1) is 0 Å². The van der Waals surface area contributed by atoms with Crippen molar-refractivity contribution in [2.75, 3.05) is 18.1 Å². The smallest absolute Gasteiger partial charge is 0.246 e. The van der Waals surface area contributed by atoms with Crippen molar-refractivity contribution in [2.24, 2.45) is 11.8 Å². The summed E-state index contributed by atoms with van der Waals surface area (Å²) in [5.74, 6) is 2.44. The van der Waals surface area contributed by atoms with Crippen molar-refractivity contribution in [1.82, 2.24) is 10.2 Å². The Morgan fingerprint density at radius 3 is 2.29 bits per heavy atom. The Hall–Kier alpha value is -0.710. The minimum absolute atomic E-state index is 0.0238. The molecule has 4 nitrogen and oxygen atoms in total. The van der Waals surface area contributed by atoms with Crippen molar-refractivity contribution >= 4 is 23.6 Å². The molecule has 0 aliphatic carbocycles. The van der Waals surface area contributed by atoms with Gasteiger partial charge in [0.2, 0.25) is 11.8 Å². The number of hydrogen-bond donors (Lipinski definition) is 1. The van der Waals surface area contributed by atoms with Gasteiger partial charge in [0.15, 0.2) is 0 Å². The number of thioether (sulfide) groups is 1. The average Bonchev–Trinajstić information content (AvgIpc) is 2.48. The monoisotopic (exact) mass is 314 g/mol. The summed E-state index contributed by atoms with van der Waals surface area (Å²) in [5.41, 5.74) is 0. The SMILES string of the molecule is CCSCCN1C(=O)C(C(C)CC)NC(=O)C1C(C)CC. The normalized spacial score (nSPS) is 25.7. The molecule has 4 unspecified atom stereocenters. The van der Waals surface area contributed by atoms with E-state index < -0.39 is 0 Å². The fourth-order valence-electron chi connectivity index (χ4n) is 2.72. The highest BCUT2D eigenvalue weighted by atomic mass is 32.2. The summed E-state index contributed by atoms with van der Waals surface area (Å²) in [6.45, 7) is 11.0. The second kappa shape index (κ2) is 8.66. The molecule has 0 radical (unpaired) electrons. The molecule has 0 aromatic rings. The average molecular weight is 314 g/mol. The number of hydrogen-bond acceptors (Lipinski definition) is 3. The summed E-state index contributed by atoms with van der Waals surface area (Å²) in [4.78, 5) is 27.1. The molecule has 1 fully saturated rings. The van der Waals surface area contributed by atoms with E-state index in [1.165, 1.54) is 0 Å². The molecule has 0 spiro atoms. The molecule has 4 atom stereocenters. The quantitative estimate of drug-likeness (QED) is 0.700. The highest BCUT2D eigenvalue weighted by molar-refractivity contribution is 7.99. The first-order chi connectivity index (χ1) is 9.97. The van der Waals surface area contributed by atoms with Gasteiger partial charge in [-0.05, 0) is 17.6 Å². The Morgan fingerprint density at radius 2 is 1.76 bits per heavy atom. The van der Waals surface area contributed by atoms with Gasteiger partial charge in [-0.25, -0.2) is 0 Å². The Balaban J connectivity index is 2.93. The first-order valence-electron chi connectivity index (χ1n) is 8.16. The van der Waals surface area contributed by atoms with Gasteiger partial charge < -0.3 is 10.2 Å². The van der Waals surface area contributed by atoms with Crippen LogP contribution in [0.5, 0.6) is 0 Å². The van der Waals surface area contributed by atoms with Gasteiger partial charge in [-0.2, -0.15) is 11.8 Å². The Bertz CT molecular complexity index is 362. The van der Waals surface area contributed by atoms with Gasteiger partial charge in [-0.1, -0.05) is 47.5 Å². The second-order valence-corrected chi connectivity index (χ2v) is 7.32. The summed E-state index contributed by atoms with van der Waals surface area (Å²) in [6.07, 6.45) is 1.79. The van der Waals surface area contributed by atoms with E-state index in [1.807, 2.05) is 23.6 Å². The zero-order chi connectivity index (χ0) is 16.0. The lowest BCUT2D eigenvalue weighted by atomic mass is 9.89. The van der Waals surface area contributed by atoms with E-state index in [1.54, 1.807) is 0 Å². The fraction of sp³-hybridized carbons (Fsp3) is 0.875. The maximum atomic E-state index is 12.8. The highest BCUT2D eigenvalue weighted by Crippen LogP contribution is 2.24. The van der Waals surface area contributed by atoms with Crippen LogP contribution in [0.15, 0.2) is 0 Å². The van der Waals surface area contributed by atoms with Crippen molar-refractivity contribution in [1.29, 1.82) is 0 Å². The number of nitrogens with one attached hydrogen (secondary N) is 1. The van der Waals surface area contributed by atoms with Crippen molar-refractivity contribution in [3.63, 3.8) is 0 Å². The van der Waals surface area contributed by atoms with Gasteiger partial charge in [0.1, 0.15) is 12.1 Å². The first kappa shape index (κ1) is 18.3. The van der Waals surface area contributed by atoms with Crippen LogP contribution in [0.3, 0.4) is 0 Å². The van der Waals surface area contributed by atoms with E-state index in [0.29, 0.717) is 6.54 Å². The standard InChI is InChI=1S/C16H30N2O2S/c1-6-11(4)13-16(20)18(9-10-21-8-3)14(12(5)7-2)15(19)17-13/h11-14H,6-10H2,1-5H3,(H,17,19). The fourth-order valence-corrected chi connectivity index (χ4v) is 3.34. The van der Waals surface area contributed by atoms with E-state index in [2.05, 4.69) is 33.0 Å². The van der Waals surface area contributed by atoms with Crippen LogP contribution in [0.25, 0.3) is 0 Å². The summed E-state index contributed by atoms with van der Waals surface area (Å²) < 4.78 is 0. The van der Waals surface area contributed by atoms with Crippen LogP contribution in [0.4, 0.5) is 0 Å². The maximum absolute atomic E-state index is 12.8. The largest absolute Gasteiger partial charge is 0.342 e. The van der Waals surface area contributed by atoms with Gasteiger partial charge in [-0.3, -0.25) is 9.59 Å². The molecule has 21 heavy (non-hydrogen) atoms. The third-order valence-electron chi connectivity index (χ3n) is 4.53. The zero-order valence-electron chi connectivity index (χ0n) is 14.0. The number of amides is 2. The van der Waals surface area contributed by atoms with Crippen LogP contribution in [0, 0.1) is 11.8 Å². The van der Waals surface area contributed by atoms with Crippen molar-refractivity contribution in [3.8, 4) is 0 Å². The van der Waals surface area contributed by atoms with Gasteiger partial charge in [0, 0.05) is 12.3 Å². The van der Waals surface area contributed by atoms with Crippen LogP contribution >= 0.6 is 11.8 Å².